The Kier molecular flexibility index (Phi) is 4.30. The predicted molar refractivity (Wildman–Crippen MR) is 86.2 cm³/mol. The van der Waals surface area contributed by atoms with Gasteiger partial charge in [0.15, 0.2) is 0 Å². The smallest absolute Gasteiger partial charge is 0.0363 e. The van der Waals surface area contributed by atoms with Gasteiger partial charge in [-0.1, -0.05) is 25.1 Å². The molecule has 2 heteroatoms. The second kappa shape index (κ2) is 6.17. The van der Waals surface area contributed by atoms with Crippen molar-refractivity contribution in [2.24, 2.45) is 5.92 Å². The summed E-state index contributed by atoms with van der Waals surface area (Å²) < 4.78 is 0. The molecule has 0 N–H and O–H groups in total. The van der Waals surface area contributed by atoms with Gasteiger partial charge in [-0.15, -0.1) is 0 Å². The third kappa shape index (κ3) is 3.01. The molecule has 2 aliphatic heterocycles. The topological polar surface area (TPSA) is 6.48 Å². The summed E-state index contributed by atoms with van der Waals surface area (Å²) in [5, 5.41) is 0. The third-order valence-corrected chi connectivity index (χ3v) is 5.23. The molecule has 3 rings (SSSR count). The lowest BCUT2D eigenvalue weighted by atomic mass is 9.92. The van der Waals surface area contributed by atoms with E-state index in [9.17, 15) is 0 Å². The van der Waals surface area contributed by atoms with Crippen molar-refractivity contribution in [1.29, 1.82) is 0 Å². The fourth-order valence-corrected chi connectivity index (χ4v) is 4.21. The van der Waals surface area contributed by atoms with Crippen LogP contribution in [-0.4, -0.2) is 37.1 Å². The van der Waals surface area contributed by atoms with E-state index in [1.807, 2.05) is 0 Å². The molecule has 1 aromatic carbocycles. The molecule has 0 amide bonds. The van der Waals surface area contributed by atoms with Crippen LogP contribution in [0, 0.1) is 5.92 Å². The zero-order valence-electron chi connectivity index (χ0n) is 13.0. The third-order valence-electron chi connectivity index (χ3n) is 5.23. The summed E-state index contributed by atoms with van der Waals surface area (Å²) in [7, 11) is 2.21. The Morgan fingerprint density at radius 1 is 1.10 bits per heavy atom. The second-order valence-corrected chi connectivity index (χ2v) is 6.81. The molecule has 20 heavy (non-hydrogen) atoms. The first-order valence-corrected chi connectivity index (χ1v) is 8.26. The van der Waals surface area contributed by atoms with E-state index in [1.165, 1.54) is 44.3 Å². The molecule has 0 aliphatic carbocycles. The van der Waals surface area contributed by atoms with E-state index in [0.29, 0.717) is 0 Å². The minimum absolute atomic E-state index is 0.894. The lowest BCUT2D eigenvalue weighted by molar-refractivity contribution is 0.109. The molecule has 2 atom stereocenters. The summed E-state index contributed by atoms with van der Waals surface area (Å²) >= 11 is 0. The molecule has 2 nitrogen and oxygen atoms in total. The standard InChI is InChI=1S/C18H28N2/c1-15-13-17-9-10-18(14-15)20(17)12-6-11-19(2)16-7-4-3-5-8-16/h3-5,7-8,15,17-18H,6,9-14H2,1-2H3. The highest BCUT2D eigenvalue weighted by Gasteiger charge is 2.38. The number of rotatable bonds is 5. The van der Waals surface area contributed by atoms with Gasteiger partial charge < -0.3 is 4.90 Å². The van der Waals surface area contributed by atoms with Crippen molar-refractivity contribution in [1.82, 2.24) is 4.90 Å². The van der Waals surface area contributed by atoms with Crippen molar-refractivity contribution in [3.63, 3.8) is 0 Å². The molecule has 2 unspecified atom stereocenters. The van der Waals surface area contributed by atoms with Crippen molar-refractivity contribution >= 4 is 5.69 Å². The highest BCUT2D eigenvalue weighted by Crippen LogP contribution is 2.38. The fraction of sp³-hybridized carbons (Fsp3) is 0.667. The van der Waals surface area contributed by atoms with Crippen LogP contribution in [0.5, 0.6) is 0 Å². The molecule has 2 bridgehead atoms. The number of nitrogens with zero attached hydrogens (tertiary/aromatic N) is 2. The molecular weight excluding hydrogens is 244 g/mol. The van der Waals surface area contributed by atoms with Gasteiger partial charge in [-0.2, -0.15) is 0 Å². The quantitative estimate of drug-likeness (QED) is 0.805. The van der Waals surface area contributed by atoms with E-state index in [0.717, 1.165) is 24.5 Å². The maximum absolute atomic E-state index is 2.82. The predicted octanol–water partition coefficient (Wildman–Crippen LogP) is 3.78. The van der Waals surface area contributed by atoms with Gasteiger partial charge in [-0.05, 0) is 50.2 Å². The van der Waals surface area contributed by atoms with Crippen LogP contribution in [0.2, 0.25) is 0 Å². The first-order valence-electron chi connectivity index (χ1n) is 8.26. The van der Waals surface area contributed by atoms with Gasteiger partial charge in [-0.25, -0.2) is 0 Å². The van der Waals surface area contributed by atoms with Gasteiger partial charge in [0.1, 0.15) is 0 Å². The summed E-state index contributed by atoms with van der Waals surface area (Å²) in [5.41, 5.74) is 1.34. The largest absolute Gasteiger partial charge is 0.375 e. The van der Waals surface area contributed by atoms with Gasteiger partial charge in [-0.3, -0.25) is 4.90 Å². The molecule has 2 saturated heterocycles. The minimum Gasteiger partial charge on any atom is -0.375 e. The van der Waals surface area contributed by atoms with Crippen LogP contribution in [0.1, 0.15) is 39.0 Å². The highest BCUT2D eigenvalue weighted by molar-refractivity contribution is 5.44. The van der Waals surface area contributed by atoms with Crippen LogP contribution >= 0.6 is 0 Å². The van der Waals surface area contributed by atoms with Crippen LogP contribution in [0.4, 0.5) is 5.69 Å². The zero-order chi connectivity index (χ0) is 13.9. The SMILES string of the molecule is CC1CC2CCC(C1)N2CCCN(C)c1ccccc1. The number of hydrogen-bond acceptors (Lipinski definition) is 2. The Morgan fingerprint density at radius 3 is 2.40 bits per heavy atom. The molecule has 2 fully saturated rings. The number of fused-ring (bicyclic) bond motifs is 2. The maximum atomic E-state index is 2.82. The van der Waals surface area contributed by atoms with Crippen molar-refractivity contribution in [2.75, 3.05) is 25.0 Å². The number of anilines is 1. The van der Waals surface area contributed by atoms with E-state index in [-0.39, 0.29) is 0 Å². The zero-order valence-corrected chi connectivity index (χ0v) is 13.0. The maximum Gasteiger partial charge on any atom is 0.0363 e. The van der Waals surface area contributed by atoms with Gasteiger partial charge in [0.25, 0.3) is 0 Å². The van der Waals surface area contributed by atoms with Gasteiger partial charge >= 0.3 is 0 Å². The van der Waals surface area contributed by atoms with Crippen LogP contribution in [0.3, 0.4) is 0 Å². The molecule has 0 spiro atoms. The molecule has 2 aliphatic rings. The monoisotopic (exact) mass is 272 g/mol. The van der Waals surface area contributed by atoms with Crippen LogP contribution in [0.25, 0.3) is 0 Å². The van der Waals surface area contributed by atoms with Crippen molar-refractivity contribution < 1.29 is 0 Å². The second-order valence-electron chi connectivity index (χ2n) is 6.81. The number of para-hydroxylation sites is 1. The fourth-order valence-electron chi connectivity index (χ4n) is 4.21. The van der Waals surface area contributed by atoms with Crippen LogP contribution < -0.4 is 4.90 Å². The lowest BCUT2D eigenvalue weighted by Gasteiger charge is -2.38. The normalized spacial score (nSPS) is 29.6. The van der Waals surface area contributed by atoms with Crippen molar-refractivity contribution in [3.8, 4) is 0 Å². The number of piperidine rings is 1. The minimum atomic E-state index is 0.894. The van der Waals surface area contributed by atoms with E-state index >= 15 is 0 Å². The van der Waals surface area contributed by atoms with Crippen molar-refractivity contribution in [2.45, 2.75) is 51.1 Å². The van der Waals surface area contributed by atoms with Crippen molar-refractivity contribution in [3.05, 3.63) is 30.3 Å². The molecule has 0 radical (unpaired) electrons. The average molecular weight is 272 g/mol. The number of hydrogen-bond donors (Lipinski definition) is 0. The van der Waals surface area contributed by atoms with E-state index in [4.69, 9.17) is 0 Å². The van der Waals surface area contributed by atoms with E-state index in [2.05, 4.69) is 54.1 Å². The van der Waals surface area contributed by atoms with Gasteiger partial charge in [0, 0.05) is 37.9 Å². The summed E-state index contributed by atoms with van der Waals surface area (Å²) in [6.07, 6.45) is 7.05. The van der Waals surface area contributed by atoms with Gasteiger partial charge in [0.05, 0.1) is 0 Å². The van der Waals surface area contributed by atoms with Crippen LogP contribution in [-0.2, 0) is 0 Å². The van der Waals surface area contributed by atoms with Crippen LogP contribution in [0.15, 0.2) is 30.3 Å². The molecule has 0 saturated carbocycles. The Hall–Kier alpha value is -1.02. The van der Waals surface area contributed by atoms with Gasteiger partial charge in [0.2, 0.25) is 0 Å². The summed E-state index contributed by atoms with van der Waals surface area (Å²) in [5.74, 6) is 0.954. The average Bonchev–Trinajstić information content (AvgIpc) is 2.70. The Bertz CT molecular complexity index is 403. The highest BCUT2D eigenvalue weighted by atomic mass is 15.2. The Labute approximate surface area is 123 Å². The summed E-state index contributed by atoms with van der Waals surface area (Å²) in [4.78, 5) is 5.20. The Morgan fingerprint density at radius 2 is 1.75 bits per heavy atom. The first kappa shape index (κ1) is 13.9. The molecule has 110 valence electrons. The molecule has 0 aromatic heterocycles. The molecular formula is C18H28N2. The Balaban J connectivity index is 1.46. The summed E-state index contributed by atoms with van der Waals surface area (Å²) in [6.45, 7) is 4.89. The number of benzene rings is 1. The summed E-state index contributed by atoms with van der Waals surface area (Å²) in [6, 6.07) is 12.5. The first-order chi connectivity index (χ1) is 9.74. The molecule has 2 heterocycles. The lowest BCUT2D eigenvalue weighted by Crippen LogP contribution is -2.43. The van der Waals surface area contributed by atoms with E-state index < -0.39 is 0 Å². The van der Waals surface area contributed by atoms with E-state index in [1.54, 1.807) is 0 Å². The molecule has 1 aromatic rings.